The van der Waals surface area contributed by atoms with Crippen LogP contribution in [0.5, 0.6) is 0 Å². The molecule has 11 heteroatoms. The van der Waals surface area contributed by atoms with Crippen molar-refractivity contribution in [3.8, 4) is 5.69 Å². The molecule has 4 rings (SSSR count). The highest BCUT2D eigenvalue weighted by molar-refractivity contribution is 5.76. The monoisotopic (exact) mass is 415 g/mol. The average molecular weight is 415 g/mol. The van der Waals surface area contributed by atoms with Crippen LogP contribution in [0.4, 0.5) is 18.9 Å². The number of hydrogen-bond donors (Lipinski definition) is 0. The lowest BCUT2D eigenvalue weighted by Crippen LogP contribution is -2.21. The van der Waals surface area contributed by atoms with Gasteiger partial charge in [0.15, 0.2) is 5.65 Å². The molecular weight excluding hydrogens is 403 g/mol. The van der Waals surface area contributed by atoms with E-state index in [1.54, 1.807) is 6.07 Å². The molecule has 0 saturated heterocycles. The highest BCUT2D eigenvalue weighted by Crippen LogP contribution is 2.29. The van der Waals surface area contributed by atoms with Crippen molar-refractivity contribution in [1.29, 1.82) is 0 Å². The van der Waals surface area contributed by atoms with Crippen molar-refractivity contribution >= 4 is 16.7 Å². The van der Waals surface area contributed by atoms with E-state index in [1.165, 1.54) is 47.5 Å². The molecule has 0 spiro atoms. The number of hydrogen-bond acceptors (Lipinski definition) is 5. The maximum atomic E-state index is 12.9. The van der Waals surface area contributed by atoms with E-state index in [0.717, 1.165) is 16.7 Å². The topological polar surface area (TPSA) is 95.8 Å². The number of nitro groups is 1. The Bertz CT molecular complexity index is 1330. The molecule has 2 aromatic heterocycles. The molecule has 0 aliphatic rings. The zero-order chi connectivity index (χ0) is 21.5. The van der Waals surface area contributed by atoms with E-state index in [0.29, 0.717) is 0 Å². The summed E-state index contributed by atoms with van der Waals surface area (Å²) in [6.07, 6.45) is -2.09. The van der Waals surface area contributed by atoms with Crippen LogP contribution in [-0.2, 0) is 12.7 Å². The number of fused-ring (bicyclic) bond motifs is 1. The summed E-state index contributed by atoms with van der Waals surface area (Å²) >= 11 is 0. The van der Waals surface area contributed by atoms with Gasteiger partial charge in [-0.1, -0.05) is 24.3 Å². The standard InChI is InChI=1S/C19H12F3N5O3/c20-19(21,22)13-5-3-4-12(8-13)10-25-11-23-17-14(18(25)28)9-24-26(17)15-6-1-2-7-16(15)27(29)30/h1-9,11H,10H2. The van der Waals surface area contributed by atoms with E-state index in [1.807, 2.05) is 0 Å². The molecule has 0 atom stereocenters. The molecule has 0 aliphatic heterocycles. The van der Waals surface area contributed by atoms with Crippen LogP contribution in [0.2, 0.25) is 0 Å². The summed E-state index contributed by atoms with van der Waals surface area (Å²) in [6, 6.07) is 10.5. The van der Waals surface area contributed by atoms with Gasteiger partial charge in [-0.05, 0) is 23.8 Å². The first-order valence-corrected chi connectivity index (χ1v) is 8.59. The van der Waals surface area contributed by atoms with E-state index in [9.17, 15) is 28.1 Å². The lowest BCUT2D eigenvalue weighted by atomic mass is 10.1. The Kier molecular flexibility index (Phi) is 4.57. The lowest BCUT2D eigenvalue weighted by Gasteiger charge is -2.10. The van der Waals surface area contributed by atoms with Crippen LogP contribution < -0.4 is 5.56 Å². The van der Waals surface area contributed by atoms with E-state index in [4.69, 9.17) is 0 Å². The van der Waals surface area contributed by atoms with Crippen LogP contribution in [0.25, 0.3) is 16.7 Å². The van der Waals surface area contributed by atoms with Gasteiger partial charge in [-0.2, -0.15) is 18.3 Å². The second-order valence-electron chi connectivity index (χ2n) is 6.42. The average Bonchev–Trinajstić information content (AvgIpc) is 3.14. The molecule has 0 saturated carbocycles. The van der Waals surface area contributed by atoms with Crippen LogP contribution in [0, 0.1) is 10.1 Å². The van der Waals surface area contributed by atoms with Gasteiger partial charge in [0.2, 0.25) is 0 Å². The first-order valence-electron chi connectivity index (χ1n) is 8.59. The highest BCUT2D eigenvalue weighted by Gasteiger charge is 2.30. The third-order valence-electron chi connectivity index (χ3n) is 4.47. The molecule has 30 heavy (non-hydrogen) atoms. The van der Waals surface area contributed by atoms with Crippen molar-refractivity contribution in [2.75, 3.05) is 0 Å². The van der Waals surface area contributed by atoms with Crippen molar-refractivity contribution in [2.45, 2.75) is 12.7 Å². The minimum atomic E-state index is -4.49. The number of para-hydroxylation sites is 2. The molecule has 2 heterocycles. The highest BCUT2D eigenvalue weighted by atomic mass is 19.4. The van der Waals surface area contributed by atoms with Gasteiger partial charge in [-0.3, -0.25) is 19.5 Å². The van der Waals surface area contributed by atoms with Gasteiger partial charge in [-0.25, -0.2) is 9.67 Å². The lowest BCUT2D eigenvalue weighted by molar-refractivity contribution is -0.384. The molecule has 0 aliphatic carbocycles. The van der Waals surface area contributed by atoms with Gasteiger partial charge in [0.1, 0.15) is 17.4 Å². The van der Waals surface area contributed by atoms with Crippen molar-refractivity contribution in [3.05, 3.63) is 92.7 Å². The first-order chi connectivity index (χ1) is 14.3. The van der Waals surface area contributed by atoms with Crippen LogP contribution in [-0.4, -0.2) is 24.3 Å². The Morgan fingerprint density at radius 2 is 1.87 bits per heavy atom. The second kappa shape index (κ2) is 7.10. The minimum Gasteiger partial charge on any atom is -0.294 e. The maximum absolute atomic E-state index is 12.9. The predicted molar refractivity (Wildman–Crippen MR) is 100 cm³/mol. The fourth-order valence-corrected chi connectivity index (χ4v) is 3.08. The Morgan fingerprint density at radius 1 is 1.10 bits per heavy atom. The summed E-state index contributed by atoms with van der Waals surface area (Å²) in [5.74, 6) is 0. The molecule has 0 radical (unpaired) electrons. The fourth-order valence-electron chi connectivity index (χ4n) is 3.08. The summed E-state index contributed by atoms with van der Waals surface area (Å²) in [5.41, 5.74) is -1.03. The molecule has 4 aromatic rings. The Labute approximate surface area is 166 Å². The molecule has 0 unspecified atom stereocenters. The largest absolute Gasteiger partial charge is 0.416 e. The summed E-state index contributed by atoms with van der Waals surface area (Å²) in [7, 11) is 0. The summed E-state index contributed by atoms with van der Waals surface area (Å²) < 4.78 is 41.1. The van der Waals surface area contributed by atoms with Gasteiger partial charge in [0.25, 0.3) is 11.2 Å². The second-order valence-corrected chi connectivity index (χ2v) is 6.42. The van der Waals surface area contributed by atoms with Crippen LogP contribution >= 0.6 is 0 Å². The Balaban J connectivity index is 1.76. The van der Waals surface area contributed by atoms with E-state index in [2.05, 4.69) is 10.1 Å². The summed E-state index contributed by atoms with van der Waals surface area (Å²) in [5, 5.41) is 15.4. The summed E-state index contributed by atoms with van der Waals surface area (Å²) in [6.45, 7) is -0.123. The molecule has 152 valence electrons. The first kappa shape index (κ1) is 19.3. The van der Waals surface area contributed by atoms with Crippen molar-refractivity contribution in [1.82, 2.24) is 19.3 Å². The molecule has 0 N–H and O–H groups in total. The normalized spacial score (nSPS) is 11.7. The smallest absolute Gasteiger partial charge is 0.294 e. The van der Waals surface area contributed by atoms with Crippen molar-refractivity contribution < 1.29 is 18.1 Å². The number of rotatable bonds is 4. The van der Waals surface area contributed by atoms with E-state index in [-0.39, 0.29) is 34.5 Å². The van der Waals surface area contributed by atoms with Gasteiger partial charge < -0.3 is 0 Å². The Hall–Kier alpha value is -4.02. The van der Waals surface area contributed by atoms with Crippen LogP contribution in [0.3, 0.4) is 0 Å². The third kappa shape index (κ3) is 3.41. The third-order valence-corrected chi connectivity index (χ3v) is 4.47. The van der Waals surface area contributed by atoms with E-state index >= 15 is 0 Å². The fraction of sp³-hybridized carbons (Fsp3) is 0.105. The number of nitrogens with zero attached hydrogens (tertiary/aromatic N) is 5. The van der Waals surface area contributed by atoms with Crippen LogP contribution in [0.15, 0.2) is 65.8 Å². The quantitative estimate of drug-likeness (QED) is 0.375. The number of nitro benzene ring substituents is 1. The molecule has 0 amide bonds. The predicted octanol–water partition coefficient (Wildman–Crippen LogP) is 3.56. The van der Waals surface area contributed by atoms with Crippen LogP contribution in [0.1, 0.15) is 11.1 Å². The SMILES string of the molecule is O=c1c2cnn(-c3ccccc3[N+](=O)[O-])c2ncn1Cc1cccc(C(F)(F)F)c1. The zero-order valence-corrected chi connectivity index (χ0v) is 15.1. The van der Waals surface area contributed by atoms with Gasteiger partial charge >= 0.3 is 6.18 Å². The molecule has 0 fully saturated rings. The van der Waals surface area contributed by atoms with Gasteiger partial charge in [0.05, 0.1) is 23.2 Å². The minimum absolute atomic E-state index is 0.0858. The molecule has 8 nitrogen and oxygen atoms in total. The number of benzene rings is 2. The number of halogens is 3. The Morgan fingerprint density at radius 3 is 2.60 bits per heavy atom. The van der Waals surface area contributed by atoms with Crippen molar-refractivity contribution in [3.63, 3.8) is 0 Å². The number of aromatic nitrogens is 4. The van der Waals surface area contributed by atoms with Gasteiger partial charge in [0, 0.05) is 6.07 Å². The van der Waals surface area contributed by atoms with E-state index < -0.39 is 22.2 Å². The molecule has 2 aromatic carbocycles. The zero-order valence-electron chi connectivity index (χ0n) is 15.1. The van der Waals surface area contributed by atoms with Gasteiger partial charge in [-0.15, -0.1) is 0 Å². The maximum Gasteiger partial charge on any atom is 0.416 e. The van der Waals surface area contributed by atoms with Crippen molar-refractivity contribution in [2.24, 2.45) is 0 Å². The molecular formula is C19H12F3N5O3. The number of alkyl halides is 3. The summed E-state index contributed by atoms with van der Waals surface area (Å²) in [4.78, 5) is 27.7. The molecule has 0 bridgehead atoms.